The maximum Gasteiger partial charge on any atom is 0.472 e. The summed E-state index contributed by atoms with van der Waals surface area (Å²) in [5, 5.41) is 10.7. The van der Waals surface area contributed by atoms with E-state index in [4.69, 9.17) is 37.0 Å². The average molecular weight is 1610 g/mol. The van der Waals surface area contributed by atoms with Crippen molar-refractivity contribution in [3.05, 3.63) is 0 Å². The first-order valence-corrected chi connectivity index (χ1v) is 49.9. The molecule has 0 aliphatic carbocycles. The van der Waals surface area contributed by atoms with Crippen LogP contribution in [0.5, 0.6) is 0 Å². The van der Waals surface area contributed by atoms with Crippen LogP contribution >= 0.6 is 15.6 Å². The van der Waals surface area contributed by atoms with Gasteiger partial charge in [0.25, 0.3) is 0 Å². The standard InChI is InChI=1S/C91H178O17P2/c1-8-10-11-12-13-14-15-16-17-18-19-20-21-22-27-30-36-41-46-51-60-67-74-90(95)107-86(78-101-88(93)72-65-58-50-45-40-35-29-26-24-23-25-28-33-38-43-48-55-62-69-82(3)4)80-105-109(97,98)103-76-85(92)77-104-110(99,100)106-81-87(79-102-89(94)73-66-59-54-53-56-63-70-83(5)6)108-91(96)75-68-61-52-47-42-37-32-31-34-39-44-49-57-64-71-84(7)9-2/h82-87,92H,8-81H2,1-7H3,(H,97,98)(H,99,100)/t84?,85-,86-,87-/m1/s1. The van der Waals surface area contributed by atoms with Crippen molar-refractivity contribution in [2.75, 3.05) is 39.6 Å². The molecule has 0 radical (unpaired) electrons. The van der Waals surface area contributed by atoms with Crippen LogP contribution in [0.15, 0.2) is 0 Å². The number of hydrogen-bond donors (Lipinski definition) is 3. The van der Waals surface area contributed by atoms with E-state index in [1.165, 1.54) is 289 Å². The van der Waals surface area contributed by atoms with Crippen molar-refractivity contribution in [1.82, 2.24) is 0 Å². The number of hydrogen-bond acceptors (Lipinski definition) is 15. The number of aliphatic hydroxyl groups excluding tert-OH is 1. The fourth-order valence-electron chi connectivity index (χ4n) is 14.2. The summed E-state index contributed by atoms with van der Waals surface area (Å²) >= 11 is 0. The SMILES string of the molecule is CCCCCCCCCCCCCCCCCCCCCCCCC(=O)O[C@H](COC(=O)CCCCCCCCCCCCCCCCCCCCC(C)C)COP(=O)(O)OC[C@@H](O)COP(=O)(O)OC[C@@H](COC(=O)CCCCCCCCC(C)C)OC(=O)CCCCCCCCCCCCCCCCC(C)CC. The third-order valence-corrected chi connectivity index (χ3v) is 23.6. The number of esters is 4. The Morgan fingerprint density at radius 2 is 0.464 bits per heavy atom. The van der Waals surface area contributed by atoms with E-state index in [1.54, 1.807) is 0 Å². The second-order valence-corrected chi connectivity index (χ2v) is 36.8. The molecule has 3 unspecified atom stereocenters. The van der Waals surface area contributed by atoms with E-state index >= 15 is 0 Å². The predicted octanol–water partition coefficient (Wildman–Crippen LogP) is 28.0. The van der Waals surface area contributed by atoms with Gasteiger partial charge in [-0.2, -0.15) is 0 Å². The molecule has 0 heterocycles. The fraction of sp³-hybridized carbons (Fsp3) is 0.956. The van der Waals surface area contributed by atoms with Gasteiger partial charge in [-0.25, -0.2) is 9.13 Å². The number of carbonyl (C=O) groups excluding carboxylic acids is 4. The van der Waals surface area contributed by atoms with Crippen molar-refractivity contribution < 1.29 is 80.2 Å². The lowest BCUT2D eigenvalue weighted by molar-refractivity contribution is -0.161. The monoisotopic (exact) mass is 1610 g/mol. The Bertz CT molecular complexity index is 2120. The van der Waals surface area contributed by atoms with E-state index in [1.807, 2.05) is 0 Å². The van der Waals surface area contributed by atoms with Gasteiger partial charge in [-0.15, -0.1) is 0 Å². The van der Waals surface area contributed by atoms with E-state index in [-0.39, 0.29) is 25.7 Å². The highest BCUT2D eigenvalue weighted by atomic mass is 31.2. The minimum Gasteiger partial charge on any atom is -0.462 e. The topological polar surface area (TPSA) is 237 Å². The van der Waals surface area contributed by atoms with E-state index in [2.05, 4.69) is 48.5 Å². The molecule has 0 aromatic carbocycles. The molecule has 110 heavy (non-hydrogen) atoms. The van der Waals surface area contributed by atoms with E-state index in [0.717, 1.165) is 108 Å². The maximum absolute atomic E-state index is 13.2. The number of rotatable bonds is 89. The van der Waals surface area contributed by atoms with Gasteiger partial charge in [0.2, 0.25) is 0 Å². The van der Waals surface area contributed by atoms with Crippen LogP contribution in [0.25, 0.3) is 0 Å². The van der Waals surface area contributed by atoms with Gasteiger partial charge in [-0.1, -0.05) is 434 Å². The van der Waals surface area contributed by atoms with Gasteiger partial charge in [0.15, 0.2) is 12.2 Å². The molecule has 0 aliphatic heterocycles. The van der Waals surface area contributed by atoms with Gasteiger partial charge < -0.3 is 33.8 Å². The van der Waals surface area contributed by atoms with Crippen molar-refractivity contribution >= 4 is 39.5 Å². The normalized spacial score (nSPS) is 14.0. The van der Waals surface area contributed by atoms with Gasteiger partial charge in [0.1, 0.15) is 19.3 Å². The minimum atomic E-state index is -4.97. The van der Waals surface area contributed by atoms with Crippen LogP contribution < -0.4 is 0 Å². The number of phosphoric acid groups is 2. The van der Waals surface area contributed by atoms with Gasteiger partial charge in [0.05, 0.1) is 26.4 Å². The molecule has 17 nitrogen and oxygen atoms in total. The van der Waals surface area contributed by atoms with Gasteiger partial charge in [-0.05, 0) is 43.4 Å². The molecule has 0 fully saturated rings. The van der Waals surface area contributed by atoms with E-state index < -0.39 is 97.5 Å². The summed E-state index contributed by atoms with van der Waals surface area (Å²) in [5.74, 6) is 0.246. The van der Waals surface area contributed by atoms with Gasteiger partial charge in [0, 0.05) is 25.7 Å². The maximum atomic E-state index is 13.2. The lowest BCUT2D eigenvalue weighted by Crippen LogP contribution is -2.30. The highest BCUT2D eigenvalue weighted by molar-refractivity contribution is 7.47. The first-order chi connectivity index (χ1) is 53.3. The lowest BCUT2D eigenvalue weighted by atomic mass is 9.99. The van der Waals surface area contributed by atoms with Crippen molar-refractivity contribution in [3.63, 3.8) is 0 Å². The van der Waals surface area contributed by atoms with Crippen molar-refractivity contribution in [2.24, 2.45) is 17.8 Å². The van der Waals surface area contributed by atoms with Crippen LogP contribution in [0.2, 0.25) is 0 Å². The minimum absolute atomic E-state index is 0.107. The largest absolute Gasteiger partial charge is 0.472 e. The second kappa shape index (κ2) is 80.8. The molecule has 0 aromatic rings. The van der Waals surface area contributed by atoms with Crippen LogP contribution in [0.3, 0.4) is 0 Å². The molecule has 654 valence electrons. The molecule has 0 rings (SSSR count). The summed E-state index contributed by atoms with van der Waals surface area (Å²) in [6, 6.07) is 0. The molecule has 19 heteroatoms. The smallest absolute Gasteiger partial charge is 0.462 e. The molecule has 0 bridgehead atoms. The Balaban J connectivity index is 5.20. The molecule has 6 atom stereocenters. The number of phosphoric ester groups is 2. The van der Waals surface area contributed by atoms with Crippen LogP contribution in [0.4, 0.5) is 0 Å². The highest BCUT2D eigenvalue weighted by Crippen LogP contribution is 2.45. The zero-order valence-corrected chi connectivity index (χ0v) is 74.5. The summed E-state index contributed by atoms with van der Waals surface area (Å²) in [6.07, 6.45) is 73.9. The molecule has 0 spiro atoms. The Morgan fingerprint density at radius 1 is 0.264 bits per heavy atom. The predicted molar refractivity (Wildman–Crippen MR) is 455 cm³/mol. The van der Waals surface area contributed by atoms with Crippen molar-refractivity contribution in [1.29, 1.82) is 0 Å². The highest BCUT2D eigenvalue weighted by Gasteiger charge is 2.31. The summed E-state index contributed by atoms with van der Waals surface area (Å²) in [4.78, 5) is 73.3. The third kappa shape index (κ3) is 82.6. The first kappa shape index (κ1) is 108. The Hall–Kier alpha value is -1.94. The van der Waals surface area contributed by atoms with Crippen molar-refractivity contribution in [3.8, 4) is 0 Å². The Morgan fingerprint density at radius 3 is 0.691 bits per heavy atom. The second-order valence-electron chi connectivity index (χ2n) is 33.9. The van der Waals surface area contributed by atoms with Gasteiger partial charge >= 0.3 is 39.5 Å². The molecular weight excluding hydrogens is 1430 g/mol. The number of unbranched alkanes of at least 4 members (excludes halogenated alkanes) is 56. The van der Waals surface area contributed by atoms with Gasteiger partial charge in [-0.3, -0.25) is 37.3 Å². The van der Waals surface area contributed by atoms with Crippen LogP contribution in [-0.2, 0) is 65.4 Å². The quantitative estimate of drug-likeness (QED) is 0.0222. The van der Waals surface area contributed by atoms with Crippen molar-refractivity contribution in [2.45, 2.75) is 503 Å². The molecule has 0 amide bonds. The third-order valence-electron chi connectivity index (χ3n) is 21.7. The lowest BCUT2D eigenvalue weighted by Gasteiger charge is -2.21. The zero-order valence-electron chi connectivity index (χ0n) is 72.7. The summed E-state index contributed by atoms with van der Waals surface area (Å²) in [6.45, 7) is 12.0. The Labute approximate surface area is 677 Å². The first-order valence-electron chi connectivity index (χ1n) is 46.9. The summed E-state index contributed by atoms with van der Waals surface area (Å²) < 4.78 is 69.0. The summed E-state index contributed by atoms with van der Waals surface area (Å²) in [7, 11) is -9.93. The zero-order chi connectivity index (χ0) is 80.8. The molecule has 0 saturated heterocycles. The Kier molecular flexibility index (Phi) is 79.4. The van der Waals surface area contributed by atoms with Crippen LogP contribution in [0.1, 0.15) is 485 Å². The number of ether oxygens (including phenoxy) is 4. The fourth-order valence-corrected chi connectivity index (χ4v) is 15.8. The van der Waals surface area contributed by atoms with E-state index in [9.17, 15) is 43.2 Å². The molecule has 3 N–H and O–H groups in total. The number of carbonyl (C=O) groups is 4. The molecule has 0 aromatic heterocycles. The number of aliphatic hydroxyl groups is 1. The average Bonchev–Trinajstić information content (AvgIpc) is 0.900. The molecule has 0 saturated carbocycles. The molecular formula is C91H178O17P2. The van der Waals surface area contributed by atoms with Crippen LogP contribution in [0, 0.1) is 17.8 Å². The molecule has 0 aliphatic rings. The van der Waals surface area contributed by atoms with Crippen LogP contribution in [-0.4, -0.2) is 96.7 Å². The van der Waals surface area contributed by atoms with E-state index in [0.29, 0.717) is 31.6 Å². The summed E-state index contributed by atoms with van der Waals surface area (Å²) in [5.41, 5.74) is 0.